The van der Waals surface area contributed by atoms with Crippen LogP contribution in [0.15, 0.2) is 34.8 Å². The Morgan fingerprint density at radius 1 is 1.56 bits per heavy atom. The van der Waals surface area contributed by atoms with Gasteiger partial charge in [0.25, 0.3) is 0 Å². The summed E-state index contributed by atoms with van der Waals surface area (Å²) in [5.74, 6) is 0. The van der Waals surface area contributed by atoms with Crippen LogP contribution in [-0.2, 0) is 0 Å². The molecule has 3 heteroatoms. The van der Waals surface area contributed by atoms with E-state index in [2.05, 4.69) is 40.8 Å². The molecular weight excluding hydrogens is 286 g/mol. The molecule has 1 aromatic carbocycles. The summed E-state index contributed by atoms with van der Waals surface area (Å²) in [7, 11) is 1.95. The number of benzene rings is 1. The summed E-state index contributed by atoms with van der Waals surface area (Å²) in [6.45, 7) is 6.16. The van der Waals surface area contributed by atoms with Gasteiger partial charge in [0.2, 0.25) is 0 Å². The van der Waals surface area contributed by atoms with E-state index < -0.39 is 0 Å². The fourth-order valence-corrected chi connectivity index (χ4v) is 2.39. The largest absolute Gasteiger partial charge is 0.313 e. The third-order valence-electron chi connectivity index (χ3n) is 2.68. The third-order valence-corrected chi connectivity index (χ3v) is 3.50. The zero-order valence-corrected chi connectivity index (χ0v) is 12.0. The molecule has 0 aliphatic carbocycles. The molecule has 1 nitrogen and oxygen atoms in total. The highest BCUT2D eigenvalue weighted by Crippen LogP contribution is 2.29. The summed E-state index contributed by atoms with van der Waals surface area (Å²) in [5, 5.41) is 4.07. The van der Waals surface area contributed by atoms with Crippen molar-refractivity contribution >= 4 is 27.5 Å². The second-order valence-corrected chi connectivity index (χ2v) is 5.14. The van der Waals surface area contributed by atoms with Crippen molar-refractivity contribution in [2.24, 2.45) is 0 Å². The smallest absolute Gasteiger partial charge is 0.0465 e. The first-order valence-corrected chi connectivity index (χ1v) is 6.54. The molecule has 1 unspecified atom stereocenters. The van der Waals surface area contributed by atoms with Crippen molar-refractivity contribution in [1.82, 2.24) is 5.32 Å². The first-order chi connectivity index (χ1) is 7.58. The molecule has 0 aliphatic heterocycles. The van der Waals surface area contributed by atoms with Crippen LogP contribution in [0, 0.1) is 0 Å². The van der Waals surface area contributed by atoms with Gasteiger partial charge in [-0.15, -0.1) is 0 Å². The van der Waals surface area contributed by atoms with E-state index in [-0.39, 0.29) is 6.04 Å². The van der Waals surface area contributed by atoms with Gasteiger partial charge in [-0.2, -0.15) is 0 Å². The van der Waals surface area contributed by atoms with Crippen molar-refractivity contribution < 1.29 is 0 Å². The topological polar surface area (TPSA) is 12.0 Å². The van der Waals surface area contributed by atoms with E-state index in [1.54, 1.807) is 0 Å². The molecule has 0 saturated carbocycles. The van der Waals surface area contributed by atoms with E-state index in [9.17, 15) is 0 Å². The molecule has 16 heavy (non-hydrogen) atoms. The highest BCUT2D eigenvalue weighted by molar-refractivity contribution is 9.10. The summed E-state index contributed by atoms with van der Waals surface area (Å²) in [6.07, 6.45) is 1.93. The quantitative estimate of drug-likeness (QED) is 0.776. The fraction of sp³-hybridized carbons (Fsp3) is 0.385. The van der Waals surface area contributed by atoms with E-state index in [1.165, 1.54) is 5.57 Å². The average Bonchev–Trinajstić information content (AvgIpc) is 2.26. The summed E-state index contributed by atoms with van der Waals surface area (Å²) >= 11 is 9.64. The molecule has 1 aromatic rings. The zero-order valence-electron chi connectivity index (χ0n) is 9.69. The van der Waals surface area contributed by atoms with Gasteiger partial charge in [0.15, 0.2) is 0 Å². The molecule has 0 saturated heterocycles. The van der Waals surface area contributed by atoms with Crippen LogP contribution in [0.3, 0.4) is 0 Å². The van der Waals surface area contributed by atoms with Crippen LogP contribution in [0.5, 0.6) is 0 Å². The van der Waals surface area contributed by atoms with Gasteiger partial charge >= 0.3 is 0 Å². The Hall–Kier alpha value is -0.310. The molecule has 1 N–H and O–H groups in total. The maximum atomic E-state index is 6.23. The molecule has 0 aliphatic rings. The van der Waals surface area contributed by atoms with E-state index in [0.717, 1.165) is 27.9 Å². The van der Waals surface area contributed by atoms with Crippen LogP contribution in [-0.4, -0.2) is 7.05 Å². The number of nitrogens with one attached hydrogen (secondary N) is 1. The lowest BCUT2D eigenvalue weighted by molar-refractivity contribution is 0.583. The second-order valence-electron chi connectivity index (χ2n) is 3.81. The van der Waals surface area contributed by atoms with Crippen LogP contribution in [0.25, 0.3) is 0 Å². The first kappa shape index (κ1) is 13.8. The predicted octanol–water partition coefficient (Wildman–Crippen LogP) is 4.72. The number of rotatable bonds is 5. The Bertz CT molecular complexity index is 376. The van der Waals surface area contributed by atoms with Crippen molar-refractivity contribution in [1.29, 1.82) is 0 Å². The lowest BCUT2D eigenvalue weighted by atomic mass is 9.98. The average molecular weight is 303 g/mol. The minimum atomic E-state index is 0.244. The SMILES string of the molecule is C=C(CC)CC(NC)c1ccc(Br)cc1Cl. The lowest BCUT2D eigenvalue weighted by Crippen LogP contribution is -2.17. The minimum absolute atomic E-state index is 0.244. The van der Waals surface area contributed by atoms with Crippen LogP contribution in [0.2, 0.25) is 5.02 Å². The molecule has 0 bridgehead atoms. The van der Waals surface area contributed by atoms with Gasteiger partial charge < -0.3 is 5.32 Å². The van der Waals surface area contributed by atoms with E-state index >= 15 is 0 Å². The van der Waals surface area contributed by atoms with Gasteiger partial charge in [0.05, 0.1) is 0 Å². The molecule has 0 aromatic heterocycles. The number of hydrogen-bond donors (Lipinski definition) is 1. The molecule has 0 fully saturated rings. The molecule has 88 valence electrons. The Labute approximate surface area is 111 Å². The van der Waals surface area contributed by atoms with Gasteiger partial charge in [-0.1, -0.05) is 52.7 Å². The fourth-order valence-electron chi connectivity index (χ4n) is 1.58. The van der Waals surface area contributed by atoms with Crippen molar-refractivity contribution in [2.75, 3.05) is 7.05 Å². The summed E-state index contributed by atoms with van der Waals surface area (Å²) in [4.78, 5) is 0. The van der Waals surface area contributed by atoms with Crippen LogP contribution in [0.4, 0.5) is 0 Å². The second kappa shape index (κ2) is 6.43. The minimum Gasteiger partial charge on any atom is -0.313 e. The predicted molar refractivity (Wildman–Crippen MR) is 75.0 cm³/mol. The summed E-state index contributed by atoms with van der Waals surface area (Å²) in [5.41, 5.74) is 2.36. The normalized spacial score (nSPS) is 12.5. The van der Waals surface area contributed by atoms with E-state index in [1.807, 2.05) is 19.2 Å². The van der Waals surface area contributed by atoms with Gasteiger partial charge in [-0.25, -0.2) is 0 Å². The Kier molecular flexibility index (Phi) is 5.53. The Balaban J connectivity index is 2.90. The number of halogens is 2. The highest BCUT2D eigenvalue weighted by Gasteiger charge is 2.13. The van der Waals surface area contributed by atoms with Crippen molar-refractivity contribution in [3.05, 3.63) is 45.4 Å². The zero-order chi connectivity index (χ0) is 12.1. The van der Waals surface area contributed by atoms with Gasteiger partial charge in [-0.3, -0.25) is 0 Å². The standard InChI is InChI=1S/C13H17BrClN/c1-4-9(2)7-13(16-3)11-6-5-10(14)8-12(11)15/h5-6,8,13,16H,2,4,7H2,1,3H3. The lowest BCUT2D eigenvalue weighted by Gasteiger charge is -2.19. The monoisotopic (exact) mass is 301 g/mol. The Morgan fingerprint density at radius 2 is 2.25 bits per heavy atom. The molecule has 1 rings (SSSR count). The maximum absolute atomic E-state index is 6.23. The van der Waals surface area contributed by atoms with Crippen molar-refractivity contribution in [2.45, 2.75) is 25.8 Å². The molecular formula is C13H17BrClN. The molecule has 0 amide bonds. The Morgan fingerprint density at radius 3 is 2.75 bits per heavy atom. The van der Waals surface area contributed by atoms with Crippen LogP contribution >= 0.6 is 27.5 Å². The maximum Gasteiger partial charge on any atom is 0.0465 e. The van der Waals surface area contributed by atoms with Crippen LogP contribution < -0.4 is 5.32 Å². The van der Waals surface area contributed by atoms with E-state index in [0.29, 0.717) is 0 Å². The highest BCUT2D eigenvalue weighted by atomic mass is 79.9. The van der Waals surface area contributed by atoms with Crippen molar-refractivity contribution in [3.63, 3.8) is 0 Å². The van der Waals surface area contributed by atoms with Gasteiger partial charge in [0, 0.05) is 15.5 Å². The molecule has 1 atom stereocenters. The molecule has 0 radical (unpaired) electrons. The first-order valence-electron chi connectivity index (χ1n) is 5.37. The van der Waals surface area contributed by atoms with Gasteiger partial charge in [0.1, 0.15) is 0 Å². The molecule has 0 heterocycles. The summed E-state index contributed by atoms with van der Waals surface area (Å²) in [6, 6.07) is 6.24. The van der Waals surface area contributed by atoms with E-state index in [4.69, 9.17) is 11.6 Å². The van der Waals surface area contributed by atoms with Gasteiger partial charge in [-0.05, 0) is 37.6 Å². The third kappa shape index (κ3) is 3.62. The van der Waals surface area contributed by atoms with Crippen molar-refractivity contribution in [3.8, 4) is 0 Å². The molecule has 0 spiro atoms. The van der Waals surface area contributed by atoms with Crippen LogP contribution in [0.1, 0.15) is 31.4 Å². The number of hydrogen-bond acceptors (Lipinski definition) is 1. The summed E-state index contributed by atoms with van der Waals surface area (Å²) < 4.78 is 1.01.